The lowest BCUT2D eigenvalue weighted by atomic mass is 9.99. The molecule has 0 bridgehead atoms. The second-order valence-corrected chi connectivity index (χ2v) is 5.68. The molecule has 0 radical (unpaired) electrons. The highest BCUT2D eigenvalue weighted by atomic mass is 16.2. The van der Waals surface area contributed by atoms with Crippen LogP contribution in [0.15, 0.2) is 0 Å². The van der Waals surface area contributed by atoms with Gasteiger partial charge in [0.2, 0.25) is 5.91 Å². The molecule has 3 rings (SSSR count). The third-order valence-electron chi connectivity index (χ3n) is 4.49. The van der Waals surface area contributed by atoms with Gasteiger partial charge in [-0.2, -0.15) is 0 Å². The SMILES string of the molecule is O=C(C1CNCCN1)N1CCN2CCCCC2C1. The largest absolute Gasteiger partial charge is 0.338 e. The lowest BCUT2D eigenvalue weighted by molar-refractivity contribution is -0.137. The first kappa shape index (κ1) is 12.4. The van der Waals surface area contributed by atoms with Gasteiger partial charge in [0.25, 0.3) is 0 Å². The maximum atomic E-state index is 12.4. The maximum absolute atomic E-state index is 12.4. The summed E-state index contributed by atoms with van der Waals surface area (Å²) < 4.78 is 0. The molecule has 102 valence electrons. The number of hydrogen-bond acceptors (Lipinski definition) is 4. The van der Waals surface area contributed by atoms with Crippen LogP contribution in [-0.4, -0.2) is 73.6 Å². The summed E-state index contributed by atoms with van der Waals surface area (Å²) in [6, 6.07) is 0.613. The van der Waals surface area contributed by atoms with Crippen molar-refractivity contribution < 1.29 is 4.79 Å². The summed E-state index contributed by atoms with van der Waals surface area (Å²) in [5.74, 6) is 0.299. The normalized spacial score (nSPS) is 34.1. The van der Waals surface area contributed by atoms with Gasteiger partial charge in [-0.3, -0.25) is 9.69 Å². The molecule has 2 atom stereocenters. The summed E-state index contributed by atoms with van der Waals surface area (Å²) in [6.07, 6.45) is 3.92. The average Bonchev–Trinajstić information content (AvgIpc) is 2.47. The van der Waals surface area contributed by atoms with Crippen molar-refractivity contribution in [2.45, 2.75) is 31.3 Å². The number of carbonyl (C=O) groups is 1. The van der Waals surface area contributed by atoms with E-state index >= 15 is 0 Å². The first-order valence-electron chi connectivity index (χ1n) is 7.31. The van der Waals surface area contributed by atoms with Gasteiger partial charge in [0.1, 0.15) is 0 Å². The summed E-state index contributed by atoms with van der Waals surface area (Å²) >= 11 is 0. The number of fused-ring (bicyclic) bond motifs is 1. The summed E-state index contributed by atoms with van der Waals surface area (Å²) in [6.45, 7) is 6.81. The second kappa shape index (κ2) is 5.55. The molecule has 0 saturated carbocycles. The Balaban J connectivity index is 1.57. The number of carbonyl (C=O) groups excluding carboxylic acids is 1. The minimum Gasteiger partial charge on any atom is -0.338 e. The fourth-order valence-electron chi connectivity index (χ4n) is 3.40. The fraction of sp³-hybridized carbons (Fsp3) is 0.923. The van der Waals surface area contributed by atoms with Crippen molar-refractivity contribution in [3.05, 3.63) is 0 Å². The van der Waals surface area contributed by atoms with E-state index in [4.69, 9.17) is 0 Å². The Morgan fingerprint density at radius 3 is 2.89 bits per heavy atom. The number of nitrogens with zero attached hydrogens (tertiary/aromatic N) is 2. The molecule has 0 aromatic heterocycles. The molecule has 2 unspecified atom stereocenters. The molecule has 5 nitrogen and oxygen atoms in total. The van der Waals surface area contributed by atoms with E-state index in [0.717, 1.165) is 39.3 Å². The number of amides is 1. The zero-order valence-corrected chi connectivity index (χ0v) is 11.0. The first-order chi connectivity index (χ1) is 8.84. The number of piperazine rings is 2. The van der Waals surface area contributed by atoms with Crippen LogP contribution in [0.1, 0.15) is 19.3 Å². The van der Waals surface area contributed by atoms with E-state index in [1.165, 1.54) is 25.8 Å². The molecule has 3 saturated heterocycles. The van der Waals surface area contributed by atoms with E-state index in [9.17, 15) is 4.79 Å². The topological polar surface area (TPSA) is 47.6 Å². The molecule has 0 aliphatic carbocycles. The zero-order valence-electron chi connectivity index (χ0n) is 11.0. The highest BCUT2D eigenvalue weighted by Gasteiger charge is 2.33. The van der Waals surface area contributed by atoms with Gasteiger partial charge in [-0.05, 0) is 19.4 Å². The van der Waals surface area contributed by atoms with Gasteiger partial charge in [0.15, 0.2) is 0 Å². The Kier molecular flexibility index (Phi) is 3.82. The van der Waals surface area contributed by atoms with E-state index < -0.39 is 0 Å². The Labute approximate surface area is 109 Å². The highest BCUT2D eigenvalue weighted by molar-refractivity contribution is 5.82. The second-order valence-electron chi connectivity index (χ2n) is 5.68. The van der Waals surface area contributed by atoms with E-state index in [0.29, 0.717) is 11.9 Å². The molecule has 0 aromatic rings. The molecule has 1 amide bonds. The average molecular weight is 252 g/mol. The molecule has 3 aliphatic rings. The monoisotopic (exact) mass is 252 g/mol. The molecular formula is C13H24N4O. The Morgan fingerprint density at radius 1 is 1.11 bits per heavy atom. The van der Waals surface area contributed by atoms with Crippen LogP contribution in [0.5, 0.6) is 0 Å². The van der Waals surface area contributed by atoms with Gasteiger partial charge < -0.3 is 15.5 Å². The maximum Gasteiger partial charge on any atom is 0.241 e. The van der Waals surface area contributed by atoms with Crippen LogP contribution >= 0.6 is 0 Å². The highest BCUT2D eigenvalue weighted by Crippen LogP contribution is 2.21. The zero-order chi connectivity index (χ0) is 12.4. The minimum absolute atomic E-state index is 0.00566. The first-order valence-corrected chi connectivity index (χ1v) is 7.31. The molecule has 0 aromatic carbocycles. The van der Waals surface area contributed by atoms with Crippen molar-refractivity contribution in [1.82, 2.24) is 20.4 Å². The molecule has 0 spiro atoms. The van der Waals surface area contributed by atoms with Gasteiger partial charge in [0, 0.05) is 45.3 Å². The van der Waals surface area contributed by atoms with E-state index in [-0.39, 0.29) is 6.04 Å². The number of hydrogen-bond donors (Lipinski definition) is 2. The molecule has 3 heterocycles. The van der Waals surface area contributed by atoms with Gasteiger partial charge in [-0.25, -0.2) is 0 Å². The van der Waals surface area contributed by atoms with E-state index in [1.54, 1.807) is 0 Å². The molecule has 3 aliphatic heterocycles. The number of nitrogens with one attached hydrogen (secondary N) is 2. The van der Waals surface area contributed by atoms with Crippen LogP contribution in [0.3, 0.4) is 0 Å². The standard InChI is InChI=1S/C13H24N4O/c18-13(12-9-14-4-5-15-12)17-8-7-16-6-2-1-3-11(16)10-17/h11-12,14-15H,1-10H2. The third kappa shape index (κ3) is 2.53. The van der Waals surface area contributed by atoms with Crippen LogP contribution in [0.2, 0.25) is 0 Å². The molecule has 18 heavy (non-hydrogen) atoms. The van der Waals surface area contributed by atoms with E-state index in [1.807, 2.05) is 0 Å². The lowest BCUT2D eigenvalue weighted by Gasteiger charge is -2.45. The summed E-state index contributed by atoms with van der Waals surface area (Å²) in [7, 11) is 0. The molecule has 2 N–H and O–H groups in total. The van der Waals surface area contributed by atoms with Crippen molar-refractivity contribution in [1.29, 1.82) is 0 Å². The van der Waals surface area contributed by atoms with Crippen LogP contribution < -0.4 is 10.6 Å². The minimum atomic E-state index is -0.00566. The summed E-state index contributed by atoms with van der Waals surface area (Å²) in [5.41, 5.74) is 0. The molecular weight excluding hydrogens is 228 g/mol. The van der Waals surface area contributed by atoms with Crippen molar-refractivity contribution in [3.63, 3.8) is 0 Å². The van der Waals surface area contributed by atoms with Crippen LogP contribution in [-0.2, 0) is 4.79 Å². The lowest BCUT2D eigenvalue weighted by Crippen LogP contribution is -2.62. The van der Waals surface area contributed by atoms with Crippen molar-refractivity contribution in [3.8, 4) is 0 Å². The predicted molar refractivity (Wildman–Crippen MR) is 70.5 cm³/mol. The van der Waals surface area contributed by atoms with E-state index in [2.05, 4.69) is 20.4 Å². The number of piperidine rings is 1. The third-order valence-corrected chi connectivity index (χ3v) is 4.49. The molecule has 3 fully saturated rings. The van der Waals surface area contributed by atoms with Gasteiger partial charge in [-0.1, -0.05) is 6.42 Å². The predicted octanol–water partition coefficient (Wildman–Crippen LogP) is -0.755. The Hall–Kier alpha value is -0.650. The summed E-state index contributed by atoms with van der Waals surface area (Å²) in [4.78, 5) is 17.1. The smallest absolute Gasteiger partial charge is 0.241 e. The van der Waals surface area contributed by atoms with Gasteiger partial charge >= 0.3 is 0 Å². The fourth-order valence-corrected chi connectivity index (χ4v) is 3.40. The van der Waals surface area contributed by atoms with Crippen LogP contribution in [0.25, 0.3) is 0 Å². The molecule has 5 heteroatoms. The Morgan fingerprint density at radius 2 is 2.06 bits per heavy atom. The van der Waals surface area contributed by atoms with Crippen LogP contribution in [0, 0.1) is 0 Å². The van der Waals surface area contributed by atoms with Gasteiger partial charge in [0.05, 0.1) is 6.04 Å². The van der Waals surface area contributed by atoms with Crippen molar-refractivity contribution in [2.75, 3.05) is 45.8 Å². The van der Waals surface area contributed by atoms with Crippen molar-refractivity contribution in [2.24, 2.45) is 0 Å². The quantitative estimate of drug-likeness (QED) is 0.644. The number of rotatable bonds is 1. The summed E-state index contributed by atoms with van der Waals surface area (Å²) in [5, 5.41) is 6.61. The van der Waals surface area contributed by atoms with Gasteiger partial charge in [-0.15, -0.1) is 0 Å². The Bertz CT molecular complexity index is 303. The van der Waals surface area contributed by atoms with Crippen molar-refractivity contribution >= 4 is 5.91 Å². The van der Waals surface area contributed by atoms with Crippen LogP contribution in [0.4, 0.5) is 0 Å².